The van der Waals surface area contributed by atoms with Crippen LogP contribution in [-0.4, -0.2) is 41.1 Å². The zero-order valence-corrected chi connectivity index (χ0v) is 7.94. The van der Waals surface area contributed by atoms with Crippen LogP contribution in [0, 0.1) is 0 Å². The average molecular weight is 208 g/mol. The Kier molecular flexibility index (Phi) is 1.56. The van der Waals surface area contributed by atoms with E-state index in [2.05, 4.69) is 0 Å². The molecule has 0 amide bonds. The van der Waals surface area contributed by atoms with E-state index in [1.165, 1.54) is 16.4 Å². The Labute approximate surface area is 74.7 Å². The Morgan fingerprint density at radius 2 is 2.17 bits per heavy atom. The molecule has 5 nitrogen and oxygen atoms in total. The molecule has 2 rings (SSSR count). The molecule has 0 aliphatic carbocycles. The molecule has 1 saturated heterocycles. The van der Waals surface area contributed by atoms with Gasteiger partial charge in [0.05, 0.1) is 16.8 Å². The number of nitrogens with two attached hydrogens (primary N) is 2. The first-order valence-electron chi connectivity index (χ1n) is 3.53. The summed E-state index contributed by atoms with van der Waals surface area (Å²) in [7, 11) is -2.87. The highest BCUT2D eigenvalue weighted by Crippen LogP contribution is 2.30. The fraction of sp³-hybridized carbons (Fsp3) is 0.800. The molecule has 0 aromatic heterocycles. The van der Waals surface area contributed by atoms with Gasteiger partial charge in [0.25, 0.3) is 0 Å². The van der Waals surface area contributed by atoms with E-state index in [9.17, 15) is 8.42 Å². The van der Waals surface area contributed by atoms with Crippen LogP contribution in [0.3, 0.4) is 0 Å². The van der Waals surface area contributed by atoms with Crippen molar-refractivity contribution in [3.05, 3.63) is 0 Å². The lowest BCUT2D eigenvalue weighted by molar-refractivity contribution is -0.565. The first-order chi connectivity index (χ1) is 5.49. The Bertz CT molecular complexity index is 348. The molecule has 2 heterocycles. The van der Waals surface area contributed by atoms with Crippen LogP contribution in [-0.2, 0) is 9.84 Å². The minimum Gasteiger partial charge on any atom is -0.280 e. The molecule has 2 atom stereocenters. The molecule has 12 heavy (non-hydrogen) atoms. The average Bonchev–Trinajstić information content (AvgIpc) is 2.33. The highest BCUT2D eigenvalue weighted by atomic mass is 32.2. The summed E-state index contributed by atoms with van der Waals surface area (Å²) in [6, 6.07) is -0.111. The summed E-state index contributed by atoms with van der Waals surface area (Å²) in [5, 5.41) is 0.569. The fourth-order valence-electron chi connectivity index (χ4n) is 1.55. The highest BCUT2D eigenvalue weighted by molar-refractivity contribution is 8.15. The topological polar surface area (TPSA) is 89.2 Å². The Morgan fingerprint density at radius 3 is 2.75 bits per heavy atom. The van der Waals surface area contributed by atoms with Gasteiger partial charge in [-0.05, 0) is 11.8 Å². The maximum Gasteiger partial charge on any atom is 0.327 e. The van der Waals surface area contributed by atoms with Gasteiger partial charge < -0.3 is 0 Å². The van der Waals surface area contributed by atoms with Crippen LogP contribution in [0.25, 0.3) is 0 Å². The number of thioether (sulfide) groups is 1. The number of hydrogen-bond acceptors (Lipinski definition) is 5. The maximum absolute atomic E-state index is 11.2. The van der Waals surface area contributed by atoms with Crippen molar-refractivity contribution >= 4 is 26.8 Å². The van der Waals surface area contributed by atoms with Crippen molar-refractivity contribution in [1.29, 1.82) is 0 Å². The van der Waals surface area contributed by atoms with E-state index >= 15 is 0 Å². The van der Waals surface area contributed by atoms with Gasteiger partial charge in [0.2, 0.25) is 0 Å². The van der Waals surface area contributed by atoms with Gasteiger partial charge in [-0.2, -0.15) is 4.68 Å². The van der Waals surface area contributed by atoms with E-state index in [1.807, 2.05) is 0 Å². The normalized spacial score (nSPS) is 38.7. The van der Waals surface area contributed by atoms with Crippen LogP contribution in [0.2, 0.25) is 0 Å². The van der Waals surface area contributed by atoms with E-state index in [0.717, 1.165) is 0 Å². The number of fused-ring (bicyclic) bond motifs is 1. The molecular formula is C5H10N3O2S2+. The Hall–Kier alpha value is -0.430. The van der Waals surface area contributed by atoms with Crippen LogP contribution < -0.4 is 11.6 Å². The molecular weight excluding hydrogens is 198 g/mol. The molecule has 0 aromatic rings. The third kappa shape index (κ3) is 1.08. The summed E-state index contributed by atoms with van der Waals surface area (Å²) < 4.78 is 23.7. The molecule has 0 bridgehead atoms. The van der Waals surface area contributed by atoms with Gasteiger partial charge in [0.1, 0.15) is 6.04 Å². The minimum absolute atomic E-state index is 0.0417. The molecule has 0 spiro atoms. The molecule has 0 aromatic carbocycles. The number of sulfone groups is 1. The zero-order valence-electron chi connectivity index (χ0n) is 6.30. The summed E-state index contributed by atoms with van der Waals surface area (Å²) in [5.41, 5.74) is 5.54. The van der Waals surface area contributed by atoms with Crippen LogP contribution in [0.4, 0.5) is 0 Å². The first-order valence-corrected chi connectivity index (χ1v) is 6.23. The predicted octanol–water partition coefficient (Wildman–Crippen LogP) is -1.90. The van der Waals surface area contributed by atoms with Crippen molar-refractivity contribution in [1.82, 2.24) is 0 Å². The van der Waals surface area contributed by atoms with E-state index in [1.54, 1.807) is 0 Å². The standard InChI is InChI=1S/C5H9N3O2S2/c6-5-8(7)3-1-12(9,10)2-4(3)11-5/h3-4,6H,1-2,7H2/p+1. The minimum atomic E-state index is -2.87. The maximum atomic E-state index is 11.2. The van der Waals surface area contributed by atoms with E-state index < -0.39 is 9.84 Å². The fourth-order valence-corrected chi connectivity index (χ4v) is 5.29. The smallest absolute Gasteiger partial charge is 0.280 e. The van der Waals surface area contributed by atoms with Crippen LogP contribution >= 0.6 is 11.8 Å². The molecule has 7 heteroatoms. The van der Waals surface area contributed by atoms with Gasteiger partial charge >= 0.3 is 5.17 Å². The molecule has 4 N–H and O–H groups in total. The monoisotopic (exact) mass is 208 g/mol. The first kappa shape index (κ1) is 8.18. The van der Waals surface area contributed by atoms with E-state index in [4.69, 9.17) is 11.6 Å². The zero-order chi connectivity index (χ0) is 8.93. The number of rotatable bonds is 0. The second-order valence-corrected chi connectivity index (χ2v) is 6.46. The van der Waals surface area contributed by atoms with Gasteiger partial charge in [0.15, 0.2) is 9.84 Å². The molecule has 2 unspecified atom stereocenters. The Morgan fingerprint density at radius 1 is 1.50 bits per heavy atom. The van der Waals surface area contributed by atoms with Gasteiger partial charge in [-0.15, -0.1) is 0 Å². The lowest BCUT2D eigenvalue weighted by atomic mass is 10.3. The van der Waals surface area contributed by atoms with E-state index in [-0.39, 0.29) is 22.8 Å². The SMILES string of the molecule is NC1=[N+](N)C2CS(=O)(=O)CC2S1. The van der Waals surface area contributed by atoms with Crippen LogP contribution in [0.15, 0.2) is 0 Å². The van der Waals surface area contributed by atoms with Crippen molar-refractivity contribution < 1.29 is 13.1 Å². The number of hydrogen-bond donors (Lipinski definition) is 2. The van der Waals surface area contributed by atoms with Crippen molar-refractivity contribution in [2.45, 2.75) is 11.3 Å². The second-order valence-electron chi connectivity index (χ2n) is 3.05. The molecule has 68 valence electrons. The Balaban J connectivity index is 2.32. The van der Waals surface area contributed by atoms with E-state index in [0.29, 0.717) is 5.17 Å². The summed E-state index contributed by atoms with van der Waals surface area (Å²) in [4.78, 5) is 0. The van der Waals surface area contributed by atoms with Crippen LogP contribution in [0.5, 0.6) is 0 Å². The van der Waals surface area contributed by atoms with Gasteiger partial charge in [-0.3, -0.25) is 11.6 Å². The number of nitrogens with zero attached hydrogens (tertiary/aromatic N) is 1. The quantitative estimate of drug-likeness (QED) is 0.358. The molecule has 2 aliphatic heterocycles. The predicted molar refractivity (Wildman–Crippen MR) is 47.5 cm³/mol. The number of hydrazine groups is 1. The van der Waals surface area contributed by atoms with Gasteiger partial charge in [-0.25, -0.2) is 8.42 Å². The second kappa shape index (κ2) is 2.29. The highest BCUT2D eigenvalue weighted by Gasteiger charge is 2.48. The lowest BCUT2D eigenvalue weighted by Gasteiger charge is -2.02. The molecule has 1 fully saturated rings. The van der Waals surface area contributed by atoms with Crippen molar-refractivity contribution in [2.75, 3.05) is 11.5 Å². The largest absolute Gasteiger partial charge is 0.327 e. The molecule has 0 radical (unpaired) electrons. The van der Waals surface area contributed by atoms with Crippen molar-refractivity contribution in [3.8, 4) is 0 Å². The number of amidine groups is 1. The van der Waals surface area contributed by atoms with Crippen LogP contribution in [0.1, 0.15) is 0 Å². The summed E-state index contributed by atoms with van der Waals surface area (Å²) >= 11 is 1.36. The van der Waals surface area contributed by atoms with Gasteiger partial charge in [-0.1, -0.05) is 0 Å². The van der Waals surface area contributed by atoms with Gasteiger partial charge in [0, 0.05) is 0 Å². The summed E-state index contributed by atoms with van der Waals surface area (Å²) in [6.45, 7) is 0. The van der Waals surface area contributed by atoms with Crippen molar-refractivity contribution in [2.24, 2.45) is 11.6 Å². The third-order valence-electron chi connectivity index (χ3n) is 2.16. The third-order valence-corrected chi connectivity index (χ3v) is 5.32. The number of hydrazone groups is 1. The summed E-state index contributed by atoms with van der Waals surface area (Å²) in [6.07, 6.45) is 0. The summed E-state index contributed by atoms with van der Waals surface area (Å²) in [5.74, 6) is 5.92. The lowest BCUT2D eigenvalue weighted by Crippen LogP contribution is -2.37. The molecule has 0 saturated carbocycles. The van der Waals surface area contributed by atoms with Crippen molar-refractivity contribution in [3.63, 3.8) is 0 Å². The molecule has 2 aliphatic rings.